The first-order chi connectivity index (χ1) is 9.06. The highest BCUT2D eigenvalue weighted by atomic mass is 16.4. The van der Waals surface area contributed by atoms with Crippen LogP contribution in [0.5, 0.6) is 0 Å². The Balaban J connectivity index is 2.09. The van der Waals surface area contributed by atoms with E-state index in [-0.39, 0.29) is 12.3 Å². The van der Waals surface area contributed by atoms with Gasteiger partial charge in [0.1, 0.15) is 6.54 Å². The summed E-state index contributed by atoms with van der Waals surface area (Å²) in [6, 6.07) is 7.52. The molecule has 0 radical (unpaired) electrons. The number of amides is 1. The van der Waals surface area contributed by atoms with Crippen molar-refractivity contribution in [1.29, 1.82) is 0 Å². The minimum absolute atomic E-state index is 0.197. The first kappa shape index (κ1) is 13.5. The Morgan fingerprint density at radius 2 is 2.11 bits per heavy atom. The van der Waals surface area contributed by atoms with Crippen molar-refractivity contribution >= 4 is 11.9 Å². The second kappa shape index (κ2) is 5.84. The third kappa shape index (κ3) is 3.54. The van der Waals surface area contributed by atoms with Gasteiger partial charge in [0.15, 0.2) is 6.04 Å². The van der Waals surface area contributed by atoms with Crippen LogP contribution in [0, 0.1) is 6.92 Å². The third-order valence-electron chi connectivity index (χ3n) is 3.48. The standard InChI is InChI=1S/C14H18N2O3/c1-10-2-4-11(5-3-10)9-16-7-6-15-14(19)12(16)8-13(17)18/h2-5,12H,6-9H2,1H3,(H,15,19)(H,17,18)/t12-/m0/s1. The Labute approximate surface area is 112 Å². The number of rotatable bonds is 4. The van der Waals surface area contributed by atoms with E-state index in [0.29, 0.717) is 13.1 Å². The van der Waals surface area contributed by atoms with Crippen LogP contribution in [0.15, 0.2) is 24.3 Å². The lowest BCUT2D eigenvalue weighted by molar-refractivity contribution is -0.930. The molecule has 0 spiro atoms. The maximum Gasteiger partial charge on any atom is 0.278 e. The molecule has 0 aliphatic carbocycles. The van der Waals surface area contributed by atoms with Crippen LogP contribution >= 0.6 is 0 Å². The molecule has 5 heteroatoms. The molecule has 0 aromatic heterocycles. The summed E-state index contributed by atoms with van der Waals surface area (Å²) < 4.78 is 0. The van der Waals surface area contributed by atoms with Crippen molar-refractivity contribution in [3.05, 3.63) is 35.4 Å². The lowest BCUT2D eigenvalue weighted by Gasteiger charge is -2.32. The van der Waals surface area contributed by atoms with Crippen molar-refractivity contribution in [1.82, 2.24) is 5.32 Å². The molecule has 0 bridgehead atoms. The molecule has 102 valence electrons. The summed E-state index contributed by atoms with van der Waals surface area (Å²) >= 11 is 0. The number of carbonyl (C=O) groups is 2. The number of piperazine rings is 1. The van der Waals surface area contributed by atoms with E-state index in [1.807, 2.05) is 31.2 Å². The number of aliphatic carboxylic acids is 1. The molecule has 19 heavy (non-hydrogen) atoms. The summed E-state index contributed by atoms with van der Waals surface area (Å²) in [7, 11) is 0. The van der Waals surface area contributed by atoms with E-state index < -0.39 is 12.0 Å². The van der Waals surface area contributed by atoms with E-state index in [1.54, 1.807) is 0 Å². The van der Waals surface area contributed by atoms with E-state index in [4.69, 9.17) is 0 Å². The van der Waals surface area contributed by atoms with Crippen LogP contribution in [-0.2, 0) is 16.1 Å². The zero-order valence-corrected chi connectivity index (χ0v) is 10.9. The van der Waals surface area contributed by atoms with Crippen molar-refractivity contribution in [2.75, 3.05) is 13.1 Å². The predicted molar refractivity (Wildman–Crippen MR) is 67.1 cm³/mol. The van der Waals surface area contributed by atoms with Crippen molar-refractivity contribution in [2.24, 2.45) is 0 Å². The minimum Gasteiger partial charge on any atom is -0.550 e. The van der Waals surface area contributed by atoms with Gasteiger partial charge in [-0.15, -0.1) is 0 Å². The van der Waals surface area contributed by atoms with E-state index in [9.17, 15) is 14.7 Å². The maximum absolute atomic E-state index is 11.8. The maximum atomic E-state index is 11.8. The number of carboxylic acid groups (broad SMARTS) is 1. The summed E-state index contributed by atoms with van der Waals surface area (Å²) in [5, 5.41) is 13.5. The highest BCUT2D eigenvalue weighted by Crippen LogP contribution is 2.02. The van der Waals surface area contributed by atoms with Crippen LogP contribution in [0.2, 0.25) is 0 Å². The lowest BCUT2D eigenvalue weighted by Crippen LogP contribution is -3.18. The number of aryl methyl sites for hydroxylation is 1. The van der Waals surface area contributed by atoms with Crippen LogP contribution in [0.1, 0.15) is 17.5 Å². The summed E-state index contributed by atoms with van der Waals surface area (Å²) in [6.45, 7) is 4.00. The largest absolute Gasteiger partial charge is 0.550 e. The predicted octanol–water partition coefficient (Wildman–Crippen LogP) is -1.98. The van der Waals surface area contributed by atoms with Gasteiger partial charge in [0, 0.05) is 18.0 Å². The first-order valence-electron chi connectivity index (χ1n) is 6.44. The number of quaternary nitrogens is 1. The van der Waals surface area contributed by atoms with Gasteiger partial charge in [0.2, 0.25) is 0 Å². The van der Waals surface area contributed by atoms with Crippen molar-refractivity contribution < 1.29 is 19.6 Å². The molecule has 1 aliphatic rings. The van der Waals surface area contributed by atoms with Crippen LogP contribution in [0.3, 0.4) is 0 Å². The molecule has 1 fully saturated rings. The summed E-state index contributed by atoms with van der Waals surface area (Å²) in [6.07, 6.45) is -0.229. The Morgan fingerprint density at radius 3 is 2.74 bits per heavy atom. The molecule has 5 nitrogen and oxygen atoms in total. The summed E-state index contributed by atoms with van der Waals surface area (Å²) in [4.78, 5) is 23.5. The summed E-state index contributed by atoms with van der Waals surface area (Å²) in [5.74, 6) is -1.37. The molecule has 1 amide bonds. The highest BCUT2D eigenvalue weighted by molar-refractivity contribution is 5.84. The van der Waals surface area contributed by atoms with Crippen LogP contribution < -0.4 is 15.3 Å². The van der Waals surface area contributed by atoms with Gasteiger partial charge in [-0.2, -0.15) is 0 Å². The topological polar surface area (TPSA) is 73.7 Å². The molecule has 2 N–H and O–H groups in total. The molecule has 1 heterocycles. The average Bonchev–Trinajstić information content (AvgIpc) is 2.36. The van der Waals surface area contributed by atoms with Crippen molar-refractivity contribution in [2.45, 2.75) is 25.9 Å². The van der Waals surface area contributed by atoms with Gasteiger partial charge in [-0.05, 0) is 6.92 Å². The molecule has 2 atom stereocenters. The van der Waals surface area contributed by atoms with Gasteiger partial charge in [-0.3, -0.25) is 4.79 Å². The molecule has 1 saturated heterocycles. The van der Waals surface area contributed by atoms with E-state index in [2.05, 4.69) is 5.32 Å². The van der Waals surface area contributed by atoms with Gasteiger partial charge in [0.05, 0.1) is 13.1 Å². The Kier molecular flexibility index (Phi) is 4.16. The summed E-state index contributed by atoms with van der Waals surface area (Å²) in [5.41, 5.74) is 2.29. The van der Waals surface area contributed by atoms with Crippen molar-refractivity contribution in [3.8, 4) is 0 Å². The molecular formula is C14H18N2O3. The minimum atomic E-state index is -1.18. The Bertz CT molecular complexity index is 470. The van der Waals surface area contributed by atoms with Gasteiger partial charge in [-0.25, -0.2) is 0 Å². The first-order valence-corrected chi connectivity index (χ1v) is 6.44. The third-order valence-corrected chi connectivity index (χ3v) is 3.48. The fourth-order valence-corrected chi connectivity index (χ4v) is 2.41. The number of nitrogens with one attached hydrogen (secondary N) is 2. The lowest BCUT2D eigenvalue weighted by atomic mass is 10.1. The molecule has 2 rings (SSSR count). The fourth-order valence-electron chi connectivity index (χ4n) is 2.41. The zero-order chi connectivity index (χ0) is 13.8. The van der Waals surface area contributed by atoms with Crippen molar-refractivity contribution in [3.63, 3.8) is 0 Å². The monoisotopic (exact) mass is 262 g/mol. The molecule has 0 saturated carbocycles. The average molecular weight is 262 g/mol. The highest BCUT2D eigenvalue weighted by Gasteiger charge is 2.33. The second-order valence-corrected chi connectivity index (χ2v) is 4.99. The number of benzene rings is 1. The Hall–Kier alpha value is -1.88. The SMILES string of the molecule is Cc1ccc(C[NH+]2CCNC(=O)[C@@H]2CC(=O)[O-])cc1. The number of carboxylic acids is 1. The number of hydrogen-bond donors (Lipinski definition) is 2. The van der Waals surface area contributed by atoms with Gasteiger partial charge < -0.3 is 20.1 Å². The van der Waals surface area contributed by atoms with E-state index in [0.717, 1.165) is 17.0 Å². The molecular weight excluding hydrogens is 244 g/mol. The van der Waals surface area contributed by atoms with Gasteiger partial charge >= 0.3 is 0 Å². The van der Waals surface area contributed by atoms with Gasteiger partial charge in [-0.1, -0.05) is 29.8 Å². The molecule has 1 unspecified atom stereocenters. The normalized spacial score (nSPS) is 22.9. The molecule has 1 aliphatic heterocycles. The smallest absolute Gasteiger partial charge is 0.278 e. The molecule has 1 aromatic carbocycles. The number of carbonyl (C=O) groups excluding carboxylic acids is 2. The fraction of sp³-hybridized carbons (Fsp3) is 0.429. The van der Waals surface area contributed by atoms with Crippen LogP contribution in [0.4, 0.5) is 0 Å². The number of hydrogen-bond acceptors (Lipinski definition) is 3. The van der Waals surface area contributed by atoms with Gasteiger partial charge in [0.25, 0.3) is 5.91 Å². The van der Waals surface area contributed by atoms with Crippen LogP contribution in [-0.4, -0.2) is 31.0 Å². The Morgan fingerprint density at radius 1 is 1.42 bits per heavy atom. The second-order valence-electron chi connectivity index (χ2n) is 4.99. The zero-order valence-electron chi connectivity index (χ0n) is 10.9. The molecule has 1 aromatic rings. The quantitative estimate of drug-likeness (QED) is 0.660. The van der Waals surface area contributed by atoms with Crippen LogP contribution in [0.25, 0.3) is 0 Å². The van der Waals surface area contributed by atoms with E-state index >= 15 is 0 Å². The van der Waals surface area contributed by atoms with E-state index in [1.165, 1.54) is 5.56 Å².